The molecule has 3 unspecified atom stereocenters. The fourth-order valence-corrected chi connectivity index (χ4v) is 2.97. The smallest absolute Gasteiger partial charge is 0.229 e. The van der Waals surface area contributed by atoms with Crippen LogP contribution in [0, 0.1) is 0 Å². The number of hydrogen-bond acceptors (Lipinski definition) is 9. The van der Waals surface area contributed by atoms with Gasteiger partial charge in [-0.15, -0.1) is 0 Å². The highest BCUT2D eigenvalue weighted by atomic mass is 16.7. The van der Waals surface area contributed by atoms with Gasteiger partial charge >= 0.3 is 0 Å². The Bertz CT molecular complexity index is 828. The van der Waals surface area contributed by atoms with Crippen molar-refractivity contribution in [1.82, 2.24) is 4.98 Å². The van der Waals surface area contributed by atoms with Gasteiger partial charge < -0.3 is 40.3 Å². The highest BCUT2D eigenvalue weighted by Crippen LogP contribution is 2.24. The molecule has 3 rings (SSSR count). The molecule has 0 bridgehead atoms. The fourth-order valence-electron chi connectivity index (χ4n) is 2.97. The van der Waals surface area contributed by atoms with Crippen molar-refractivity contribution < 1.29 is 39.8 Å². The molecule has 1 saturated heterocycles. The average molecular weight is 420 g/mol. The number of rotatable bonds is 7. The summed E-state index contributed by atoms with van der Waals surface area (Å²) in [6.45, 7) is -0.536. The monoisotopic (exact) mass is 420 g/mol. The van der Waals surface area contributed by atoms with Gasteiger partial charge in [-0.05, 0) is 30.2 Å². The first-order chi connectivity index (χ1) is 14.4. The van der Waals surface area contributed by atoms with E-state index in [1.807, 2.05) is 0 Å². The van der Waals surface area contributed by atoms with Gasteiger partial charge in [0.15, 0.2) is 0 Å². The highest BCUT2D eigenvalue weighted by molar-refractivity contribution is 5.90. The topological polar surface area (TPSA) is 162 Å². The summed E-state index contributed by atoms with van der Waals surface area (Å²) in [4.78, 5) is 15.7. The normalized spacial score (nSPS) is 26.2. The minimum Gasteiger partial charge on any atom is -0.493 e. The first kappa shape index (κ1) is 21.9. The molecule has 5 atom stereocenters. The number of anilines is 1. The maximum Gasteiger partial charge on any atom is 0.229 e. The van der Waals surface area contributed by atoms with Crippen LogP contribution >= 0.6 is 0 Å². The second kappa shape index (κ2) is 9.83. The maximum absolute atomic E-state index is 12.0. The number of ether oxygens (including phenoxy) is 2. The SMILES string of the molecule is O=C(CCc1ccc(O[C@@H]2OC(CO)[C@H](O)C(O)C2O)cc1)Nc1ccc(O)nc1. The van der Waals surface area contributed by atoms with Gasteiger partial charge in [0, 0.05) is 12.5 Å². The van der Waals surface area contributed by atoms with E-state index in [2.05, 4.69) is 10.3 Å². The van der Waals surface area contributed by atoms with Crippen molar-refractivity contribution in [2.24, 2.45) is 0 Å². The van der Waals surface area contributed by atoms with Crippen molar-refractivity contribution in [3.8, 4) is 11.6 Å². The third kappa shape index (κ3) is 5.43. The molecule has 2 aromatic rings. The number of aryl methyl sites for hydroxylation is 1. The molecule has 1 fully saturated rings. The van der Waals surface area contributed by atoms with Crippen molar-refractivity contribution in [2.45, 2.75) is 43.5 Å². The molecule has 0 aliphatic carbocycles. The summed E-state index contributed by atoms with van der Waals surface area (Å²) >= 11 is 0. The summed E-state index contributed by atoms with van der Waals surface area (Å²) in [5.74, 6) is 0.0193. The van der Waals surface area contributed by atoms with Crippen molar-refractivity contribution in [3.63, 3.8) is 0 Å². The van der Waals surface area contributed by atoms with Gasteiger partial charge in [-0.3, -0.25) is 4.79 Å². The zero-order chi connectivity index (χ0) is 21.7. The minimum absolute atomic E-state index is 0.126. The summed E-state index contributed by atoms with van der Waals surface area (Å²) in [7, 11) is 0. The molecule has 0 saturated carbocycles. The van der Waals surface area contributed by atoms with E-state index < -0.39 is 37.3 Å². The minimum atomic E-state index is -1.51. The Labute approximate surface area is 172 Å². The van der Waals surface area contributed by atoms with Gasteiger partial charge in [0.1, 0.15) is 30.2 Å². The average Bonchev–Trinajstić information content (AvgIpc) is 2.75. The lowest BCUT2D eigenvalue weighted by atomic mass is 9.99. The van der Waals surface area contributed by atoms with Crippen molar-refractivity contribution in [3.05, 3.63) is 48.2 Å². The number of aliphatic hydroxyl groups is 4. The molecule has 10 nitrogen and oxygen atoms in total. The molecule has 30 heavy (non-hydrogen) atoms. The molecule has 1 aromatic carbocycles. The van der Waals surface area contributed by atoms with E-state index in [-0.39, 0.29) is 18.2 Å². The Morgan fingerprint density at radius 3 is 2.43 bits per heavy atom. The van der Waals surface area contributed by atoms with Crippen LogP contribution in [0.15, 0.2) is 42.6 Å². The van der Waals surface area contributed by atoms with Crippen molar-refractivity contribution in [1.29, 1.82) is 0 Å². The lowest BCUT2D eigenvalue weighted by Crippen LogP contribution is -2.60. The van der Waals surface area contributed by atoms with Gasteiger partial charge in [0.2, 0.25) is 18.1 Å². The van der Waals surface area contributed by atoms with E-state index in [1.54, 1.807) is 30.3 Å². The molecule has 10 heteroatoms. The number of hydrogen-bond donors (Lipinski definition) is 6. The van der Waals surface area contributed by atoms with Gasteiger partial charge in [0.05, 0.1) is 18.5 Å². The van der Waals surface area contributed by atoms with E-state index in [0.29, 0.717) is 17.9 Å². The Hall–Kier alpha value is -2.76. The molecule has 1 aliphatic rings. The van der Waals surface area contributed by atoms with E-state index in [4.69, 9.17) is 14.6 Å². The third-order valence-corrected chi connectivity index (χ3v) is 4.70. The van der Waals surface area contributed by atoms with Crippen molar-refractivity contribution >= 4 is 11.6 Å². The quantitative estimate of drug-likeness (QED) is 0.348. The number of nitrogens with one attached hydrogen (secondary N) is 1. The molecular weight excluding hydrogens is 396 g/mol. The van der Waals surface area contributed by atoms with Gasteiger partial charge in [-0.2, -0.15) is 0 Å². The molecule has 0 radical (unpaired) electrons. The number of carbonyl (C=O) groups excluding carboxylic acids is 1. The maximum atomic E-state index is 12.0. The number of aromatic hydroxyl groups is 1. The summed E-state index contributed by atoms with van der Waals surface area (Å²) in [6.07, 6.45) is -4.69. The number of benzene rings is 1. The van der Waals surface area contributed by atoms with Crippen LogP contribution in [0.4, 0.5) is 5.69 Å². The Balaban J connectivity index is 1.51. The van der Waals surface area contributed by atoms with Crippen LogP contribution in [-0.4, -0.2) is 73.7 Å². The van der Waals surface area contributed by atoms with Gasteiger partial charge in [-0.1, -0.05) is 12.1 Å². The van der Waals surface area contributed by atoms with Gasteiger partial charge in [0.25, 0.3) is 0 Å². The number of pyridine rings is 1. The fraction of sp³-hybridized carbons (Fsp3) is 0.400. The van der Waals surface area contributed by atoms with Crippen LogP contribution in [0.3, 0.4) is 0 Å². The molecule has 2 heterocycles. The van der Waals surface area contributed by atoms with Crippen LogP contribution < -0.4 is 10.1 Å². The summed E-state index contributed by atoms with van der Waals surface area (Å²) in [5, 5.41) is 50.6. The van der Waals surface area contributed by atoms with Crippen LogP contribution in [-0.2, 0) is 16.0 Å². The number of amides is 1. The summed E-state index contributed by atoms with van der Waals surface area (Å²) in [5.41, 5.74) is 1.36. The van der Waals surface area contributed by atoms with Crippen LogP contribution in [0.1, 0.15) is 12.0 Å². The predicted octanol–water partition coefficient (Wildman–Crippen LogP) is -0.463. The second-order valence-corrected chi connectivity index (χ2v) is 6.91. The predicted molar refractivity (Wildman–Crippen MR) is 104 cm³/mol. The van der Waals surface area contributed by atoms with Crippen molar-refractivity contribution in [2.75, 3.05) is 11.9 Å². The highest BCUT2D eigenvalue weighted by Gasteiger charge is 2.44. The number of carbonyl (C=O) groups is 1. The molecular formula is C20H24N2O8. The lowest BCUT2D eigenvalue weighted by molar-refractivity contribution is -0.277. The van der Waals surface area contributed by atoms with E-state index in [1.165, 1.54) is 12.3 Å². The number of aliphatic hydroxyl groups excluding tert-OH is 4. The molecule has 1 aromatic heterocycles. The summed E-state index contributed by atoms with van der Waals surface area (Å²) in [6, 6.07) is 9.66. The first-order valence-corrected chi connectivity index (χ1v) is 9.38. The van der Waals surface area contributed by atoms with Gasteiger partial charge in [-0.25, -0.2) is 4.98 Å². The van der Waals surface area contributed by atoms with E-state index in [0.717, 1.165) is 5.56 Å². The van der Waals surface area contributed by atoms with Crippen LogP contribution in [0.25, 0.3) is 0 Å². The second-order valence-electron chi connectivity index (χ2n) is 6.91. The Morgan fingerprint density at radius 2 is 1.80 bits per heavy atom. The van der Waals surface area contributed by atoms with E-state index >= 15 is 0 Å². The molecule has 1 amide bonds. The van der Waals surface area contributed by atoms with Crippen LogP contribution in [0.5, 0.6) is 11.6 Å². The summed E-state index contributed by atoms with van der Waals surface area (Å²) < 4.78 is 10.8. The Kier molecular flexibility index (Phi) is 7.19. The first-order valence-electron chi connectivity index (χ1n) is 9.38. The van der Waals surface area contributed by atoms with Crippen LogP contribution in [0.2, 0.25) is 0 Å². The van der Waals surface area contributed by atoms with E-state index in [9.17, 15) is 25.2 Å². The standard InChI is InChI=1S/C20H24N2O8/c23-10-14-17(26)18(27)19(28)20(30-14)29-13-5-1-11(2-6-13)3-7-16(25)22-12-4-8-15(24)21-9-12/h1-2,4-6,8-9,14,17-20,23,26-28H,3,7,10H2,(H,21,24)(H,22,25)/t14?,17-,18?,19?,20+/m0/s1. The molecule has 6 N–H and O–H groups in total. The zero-order valence-corrected chi connectivity index (χ0v) is 16.0. The molecule has 0 spiro atoms. The largest absolute Gasteiger partial charge is 0.493 e. The molecule has 162 valence electrons. The Morgan fingerprint density at radius 1 is 1.07 bits per heavy atom. The third-order valence-electron chi connectivity index (χ3n) is 4.70. The number of aromatic nitrogens is 1. The number of nitrogens with zero attached hydrogens (tertiary/aromatic N) is 1. The molecule has 1 aliphatic heterocycles. The lowest BCUT2D eigenvalue weighted by Gasteiger charge is -2.39. The zero-order valence-electron chi connectivity index (χ0n) is 16.0.